The van der Waals surface area contributed by atoms with Crippen molar-refractivity contribution in [3.63, 3.8) is 0 Å². The molecule has 1 unspecified atom stereocenters. The Morgan fingerprint density at radius 3 is 2.22 bits per heavy atom. The van der Waals surface area contributed by atoms with E-state index in [-0.39, 0.29) is 11.1 Å². The van der Waals surface area contributed by atoms with E-state index in [4.69, 9.17) is 9.47 Å². The van der Waals surface area contributed by atoms with Crippen molar-refractivity contribution in [1.29, 1.82) is 0 Å². The van der Waals surface area contributed by atoms with Crippen molar-refractivity contribution >= 4 is 17.4 Å². The number of nitrogens with zero attached hydrogens (tertiary/aromatic N) is 1. The van der Waals surface area contributed by atoms with Crippen LogP contribution in [0.5, 0.6) is 11.5 Å². The van der Waals surface area contributed by atoms with Gasteiger partial charge in [0.25, 0.3) is 5.91 Å². The monoisotopic (exact) mass is 433 g/mol. The van der Waals surface area contributed by atoms with Gasteiger partial charge in [-0.05, 0) is 54.6 Å². The van der Waals surface area contributed by atoms with Crippen LogP contribution in [-0.2, 0) is 4.79 Å². The first-order chi connectivity index (χ1) is 15.5. The van der Waals surface area contributed by atoms with E-state index in [9.17, 15) is 19.1 Å². The second kappa shape index (κ2) is 8.55. The molecule has 3 aromatic rings. The molecule has 162 valence electrons. The number of amides is 1. The number of aliphatic hydroxyl groups excluding tert-OH is 1. The smallest absolute Gasteiger partial charge is 0.294 e. The third-order valence-electron chi connectivity index (χ3n) is 5.34. The largest absolute Gasteiger partial charge is 0.503 e. The van der Waals surface area contributed by atoms with Crippen molar-refractivity contribution in [2.24, 2.45) is 0 Å². The number of para-hydroxylation sites is 1. The van der Waals surface area contributed by atoms with Crippen molar-refractivity contribution < 1.29 is 28.6 Å². The van der Waals surface area contributed by atoms with E-state index in [0.717, 1.165) is 0 Å². The van der Waals surface area contributed by atoms with E-state index >= 15 is 0 Å². The molecule has 0 aliphatic carbocycles. The summed E-state index contributed by atoms with van der Waals surface area (Å²) in [4.78, 5) is 27.9. The number of rotatable bonds is 6. The molecular weight excluding hydrogens is 413 g/mol. The van der Waals surface area contributed by atoms with Gasteiger partial charge in [0.15, 0.2) is 11.5 Å². The molecule has 0 saturated heterocycles. The maximum atomic E-state index is 13.5. The molecule has 3 aromatic carbocycles. The third kappa shape index (κ3) is 3.58. The number of carbonyl (C=O) groups is 2. The lowest BCUT2D eigenvalue weighted by molar-refractivity contribution is -0.117. The predicted molar refractivity (Wildman–Crippen MR) is 117 cm³/mol. The van der Waals surface area contributed by atoms with Crippen LogP contribution >= 0.6 is 0 Å². The Hall–Kier alpha value is -4.13. The molecule has 0 bridgehead atoms. The quantitative estimate of drug-likeness (QED) is 0.574. The normalized spacial score (nSPS) is 15.8. The highest BCUT2D eigenvalue weighted by Gasteiger charge is 2.45. The standard InChI is InChI=1S/C25H20FNO5/c1-31-18-13-7-15(8-14-18)23(28)21-22(19-5-3-4-6-20(19)32-2)27(25(30)24(21)29)17-11-9-16(26)10-12-17/h3-14,22,29H,1-2H3. The second-order valence-electron chi connectivity index (χ2n) is 7.12. The van der Waals surface area contributed by atoms with Gasteiger partial charge >= 0.3 is 0 Å². The van der Waals surface area contributed by atoms with Crippen LogP contribution < -0.4 is 14.4 Å². The van der Waals surface area contributed by atoms with Gasteiger partial charge in [-0.1, -0.05) is 18.2 Å². The summed E-state index contributed by atoms with van der Waals surface area (Å²) in [5.41, 5.74) is 1.03. The highest BCUT2D eigenvalue weighted by Crippen LogP contribution is 2.44. The Balaban J connectivity index is 1.88. The zero-order valence-corrected chi connectivity index (χ0v) is 17.4. The molecule has 0 spiro atoms. The van der Waals surface area contributed by atoms with Crippen LogP contribution in [0.25, 0.3) is 0 Å². The number of ether oxygens (including phenoxy) is 2. The van der Waals surface area contributed by atoms with Crippen LogP contribution in [0.2, 0.25) is 0 Å². The summed E-state index contributed by atoms with van der Waals surface area (Å²) in [5, 5.41) is 10.8. The second-order valence-corrected chi connectivity index (χ2v) is 7.12. The summed E-state index contributed by atoms with van der Waals surface area (Å²) in [6.07, 6.45) is 0. The predicted octanol–water partition coefficient (Wildman–Crippen LogP) is 4.63. The van der Waals surface area contributed by atoms with E-state index in [1.165, 1.54) is 43.4 Å². The fraction of sp³-hybridized carbons (Fsp3) is 0.120. The molecule has 7 heteroatoms. The van der Waals surface area contributed by atoms with Crippen LogP contribution in [0, 0.1) is 5.82 Å². The minimum Gasteiger partial charge on any atom is -0.503 e. The Morgan fingerprint density at radius 2 is 1.59 bits per heavy atom. The van der Waals surface area contributed by atoms with Gasteiger partial charge in [-0.3, -0.25) is 14.5 Å². The average Bonchev–Trinajstić information content (AvgIpc) is 3.09. The molecule has 0 radical (unpaired) electrons. The van der Waals surface area contributed by atoms with Crippen LogP contribution in [0.1, 0.15) is 22.0 Å². The maximum absolute atomic E-state index is 13.5. The first-order valence-corrected chi connectivity index (χ1v) is 9.80. The van der Waals surface area contributed by atoms with Crippen LogP contribution in [0.15, 0.2) is 84.1 Å². The fourth-order valence-electron chi connectivity index (χ4n) is 3.79. The molecule has 4 rings (SSSR count). The van der Waals surface area contributed by atoms with Crippen molar-refractivity contribution in [2.45, 2.75) is 6.04 Å². The summed E-state index contributed by atoms with van der Waals surface area (Å²) in [6.45, 7) is 0. The molecule has 0 saturated carbocycles. The lowest BCUT2D eigenvalue weighted by Crippen LogP contribution is -2.31. The molecule has 1 atom stereocenters. The lowest BCUT2D eigenvalue weighted by Gasteiger charge is -2.28. The van der Waals surface area contributed by atoms with Gasteiger partial charge in [0.1, 0.15) is 17.3 Å². The van der Waals surface area contributed by atoms with E-state index in [1.807, 2.05) is 0 Å². The maximum Gasteiger partial charge on any atom is 0.294 e. The minimum absolute atomic E-state index is 0.0889. The lowest BCUT2D eigenvalue weighted by atomic mass is 9.92. The van der Waals surface area contributed by atoms with Crippen molar-refractivity contribution in [3.8, 4) is 11.5 Å². The molecule has 1 N–H and O–H groups in total. The molecule has 1 aliphatic rings. The van der Waals surface area contributed by atoms with E-state index in [1.54, 1.807) is 48.5 Å². The van der Waals surface area contributed by atoms with Gasteiger partial charge in [0.2, 0.25) is 0 Å². The Kier molecular flexibility index (Phi) is 5.64. The highest BCUT2D eigenvalue weighted by atomic mass is 19.1. The topological polar surface area (TPSA) is 76.1 Å². The zero-order valence-electron chi connectivity index (χ0n) is 17.4. The molecule has 1 aliphatic heterocycles. The van der Waals surface area contributed by atoms with E-state index in [2.05, 4.69) is 0 Å². The summed E-state index contributed by atoms with van der Waals surface area (Å²) in [6, 6.07) is 17.6. The molecule has 1 amide bonds. The summed E-state index contributed by atoms with van der Waals surface area (Å²) < 4.78 is 24.1. The van der Waals surface area contributed by atoms with Gasteiger partial charge < -0.3 is 14.6 Å². The van der Waals surface area contributed by atoms with Crippen molar-refractivity contribution in [2.75, 3.05) is 19.1 Å². The number of Topliss-reactive ketones (excluding diaryl/α,β-unsaturated/α-hetero) is 1. The summed E-state index contributed by atoms with van der Waals surface area (Å²) >= 11 is 0. The molecule has 32 heavy (non-hydrogen) atoms. The average molecular weight is 433 g/mol. The summed E-state index contributed by atoms with van der Waals surface area (Å²) in [7, 11) is 2.99. The number of hydrogen-bond acceptors (Lipinski definition) is 5. The van der Waals surface area contributed by atoms with Crippen LogP contribution in [-0.4, -0.2) is 31.0 Å². The number of carbonyl (C=O) groups excluding carboxylic acids is 2. The molecular formula is C25H20FNO5. The van der Waals surface area contributed by atoms with Gasteiger partial charge in [-0.2, -0.15) is 0 Å². The van der Waals surface area contributed by atoms with Gasteiger partial charge in [-0.15, -0.1) is 0 Å². The van der Waals surface area contributed by atoms with Crippen molar-refractivity contribution in [1.82, 2.24) is 0 Å². The fourth-order valence-corrected chi connectivity index (χ4v) is 3.79. The number of methoxy groups -OCH3 is 2. The number of benzene rings is 3. The summed E-state index contributed by atoms with van der Waals surface area (Å²) in [5.74, 6) is -1.40. The van der Waals surface area contributed by atoms with Gasteiger partial charge in [0.05, 0.1) is 25.8 Å². The van der Waals surface area contributed by atoms with Crippen LogP contribution in [0.3, 0.4) is 0 Å². The Morgan fingerprint density at radius 1 is 0.938 bits per heavy atom. The van der Waals surface area contributed by atoms with Gasteiger partial charge in [0, 0.05) is 16.8 Å². The van der Waals surface area contributed by atoms with Gasteiger partial charge in [-0.25, -0.2) is 4.39 Å². The SMILES string of the molecule is COc1ccc(C(=O)C2=C(O)C(=O)N(c3ccc(F)cc3)C2c2ccccc2OC)cc1. The first-order valence-electron chi connectivity index (χ1n) is 9.80. The van der Waals surface area contributed by atoms with E-state index in [0.29, 0.717) is 22.7 Å². The number of halogens is 1. The molecule has 0 aromatic heterocycles. The van der Waals surface area contributed by atoms with Crippen molar-refractivity contribution in [3.05, 3.63) is 101 Å². The number of ketones is 1. The first kappa shape index (κ1) is 21.1. The number of aliphatic hydroxyl groups is 1. The third-order valence-corrected chi connectivity index (χ3v) is 5.34. The minimum atomic E-state index is -0.973. The number of hydrogen-bond donors (Lipinski definition) is 1. The van der Waals surface area contributed by atoms with Crippen LogP contribution in [0.4, 0.5) is 10.1 Å². The molecule has 1 heterocycles. The number of anilines is 1. The molecule has 6 nitrogen and oxygen atoms in total. The Bertz CT molecular complexity index is 1200. The highest BCUT2D eigenvalue weighted by molar-refractivity contribution is 6.21. The Labute approximate surface area is 184 Å². The van der Waals surface area contributed by atoms with E-state index < -0.39 is 29.3 Å². The zero-order chi connectivity index (χ0) is 22.8. The molecule has 0 fully saturated rings.